The first-order valence-electron chi connectivity index (χ1n) is 8.43. The van der Waals surface area contributed by atoms with Gasteiger partial charge in [-0.1, -0.05) is 0 Å². The summed E-state index contributed by atoms with van der Waals surface area (Å²) >= 11 is 0. The molecule has 1 heterocycles. The van der Waals surface area contributed by atoms with E-state index in [1.54, 1.807) is 24.3 Å². The fourth-order valence-electron chi connectivity index (χ4n) is 2.33. The molecule has 0 unspecified atom stereocenters. The lowest BCUT2D eigenvalue weighted by molar-refractivity contribution is -0.142. The van der Waals surface area contributed by atoms with E-state index >= 15 is 0 Å². The first-order chi connectivity index (χ1) is 14.0. The van der Waals surface area contributed by atoms with Crippen LogP contribution in [-0.4, -0.2) is 35.4 Å². The number of halogens is 1. The van der Waals surface area contributed by atoms with E-state index in [4.69, 9.17) is 4.74 Å². The number of nitrogens with zero attached hydrogens (tertiary/aromatic N) is 2. The van der Waals surface area contributed by atoms with Crippen LogP contribution >= 0.6 is 0 Å². The van der Waals surface area contributed by atoms with Crippen molar-refractivity contribution in [2.45, 2.75) is 0 Å². The molecule has 0 saturated carbocycles. The van der Waals surface area contributed by atoms with Crippen LogP contribution in [0, 0.1) is 5.82 Å². The van der Waals surface area contributed by atoms with Crippen LogP contribution in [-0.2, 0) is 9.53 Å². The summed E-state index contributed by atoms with van der Waals surface area (Å²) in [7, 11) is 1.26. The molecule has 1 amide bonds. The van der Waals surface area contributed by atoms with Gasteiger partial charge in [-0.25, -0.2) is 9.18 Å². The lowest BCUT2D eigenvalue weighted by Crippen LogP contribution is -2.24. The summed E-state index contributed by atoms with van der Waals surface area (Å²) in [5.41, 5.74) is 0.333. The van der Waals surface area contributed by atoms with Gasteiger partial charge in [-0.3, -0.25) is 9.59 Å². The van der Waals surface area contributed by atoms with Crippen LogP contribution in [0.1, 0.15) is 10.5 Å². The summed E-state index contributed by atoms with van der Waals surface area (Å²) in [6, 6.07) is 14.0. The average Bonchev–Trinajstić information content (AvgIpc) is 2.74. The molecule has 1 N–H and O–H groups in total. The Bertz CT molecular complexity index is 1080. The molecule has 0 saturated heterocycles. The third-order valence-electron chi connectivity index (χ3n) is 3.80. The number of esters is 1. The molecule has 0 aliphatic carbocycles. The van der Waals surface area contributed by atoms with Crippen molar-refractivity contribution in [2.24, 2.45) is 0 Å². The molecule has 3 rings (SSSR count). The number of aromatic nitrogens is 2. The van der Waals surface area contributed by atoms with Gasteiger partial charge in [0.1, 0.15) is 17.3 Å². The zero-order valence-corrected chi connectivity index (χ0v) is 15.3. The van der Waals surface area contributed by atoms with Crippen molar-refractivity contribution in [3.05, 3.63) is 82.5 Å². The number of hydrogen-bond acceptors (Lipinski definition) is 6. The molecular weight excluding hydrogens is 381 g/mol. The summed E-state index contributed by atoms with van der Waals surface area (Å²) in [5.74, 6) is -1.07. The van der Waals surface area contributed by atoms with Crippen LogP contribution in [0.25, 0.3) is 5.69 Å². The molecule has 0 fully saturated rings. The lowest BCUT2D eigenvalue weighted by atomic mass is 10.3. The van der Waals surface area contributed by atoms with E-state index in [1.807, 2.05) is 0 Å². The van der Waals surface area contributed by atoms with E-state index in [0.29, 0.717) is 17.1 Å². The number of benzene rings is 2. The minimum absolute atomic E-state index is 0.0000530. The normalized spacial score (nSPS) is 10.3. The number of ether oxygens (including phenoxy) is 2. The van der Waals surface area contributed by atoms with Gasteiger partial charge in [-0.15, -0.1) is 0 Å². The molecular formula is C20H16FN3O5. The first kappa shape index (κ1) is 19.7. The van der Waals surface area contributed by atoms with Gasteiger partial charge in [-0.2, -0.15) is 9.78 Å². The third kappa shape index (κ3) is 5.04. The van der Waals surface area contributed by atoms with Crippen molar-refractivity contribution >= 4 is 17.6 Å². The number of anilines is 1. The Kier molecular flexibility index (Phi) is 5.98. The highest BCUT2D eigenvalue weighted by Crippen LogP contribution is 2.16. The fourth-order valence-corrected chi connectivity index (χ4v) is 2.33. The highest BCUT2D eigenvalue weighted by molar-refractivity contribution is 6.02. The van der Waals surface area contributed by atoms with Crippen LogP contribution in [0.2, 0.25) is 0 Å². The second kappa shape index (κ2) is 8.79. The Hall–Kier alpha value is -4.01. The zero-order valence-electron chi connectivity index (χ0n) is 15.3. The van der Waals surface area contributed by atoms with Gasteiger partial charge in [0.25, 0.3) is 11.5 Å². The summed E-state index contributed by atoms with van der Waals surface area (Å²) in [6.45, 7) is -0.225. The number of carbonyl (C=O) groups is 2. The molecule has 0 bridgehead atoms. The SMILES string of the molecule is COC(=O)COc1ccc(NC(=O)c2ccc(=O)n(-c3ccc(F)cc3)n2)cc1. The Morgan fingerprint density at radius 3 is 2.38 bits per heavy atom. The van der Waals surface area contributed by atoms with Gasteiger partial charge in [0.2, 0.25) is 0 Å². The number of amides is 1. The van der Waals surface area contributed by atoms with Crippen molar-refractivity contribution in [2.75, 3.05) is 19.0 Å². The van der Waals surface area contributed by atoms with Crippen LogP contribution in [0.5, 0.6) is 5.75 Å². The number of rotatable bonds is 6. The van der Waals surface area contributed by atoms with Crippen molar-refractivity contribution in [3.8, 4) is 11.4 Å². The lowest BCUT2D eigenvalue weighted by Gasteiger charge is -2.09. The van der Waals surface area contributed by atoms with E-state index in [9.17, 15) is 18.8 Å². The van der Waals surface area contributed by atoms with E-state index < -0.39 is 23.3 Å². The van der Waals surface area contributed by atoms with E-state index in [0.717, 1.165) is 4.68 Å². The molecule has 0 radical (unpaired) electrons. The third-order valence-corrected chi connectivity index (χ3v) is 3.80. The minimum Gasteiger partial charge on any atom is -0.482 e. The largest absolute Gasteiger partial charge is 0.482 e. The van der Waals surface area contributed by atoms with Crippen LogP contribution < -0.4 is 15.6 Å². The Balaban J connectivity index is 1.72. The topological polar surface area (TPSA) is 99.5 Å². The monoisotopic (exact) mass is 397 g/mol. The summed E-state index contributed by atoms with van der Waals surface area (Å²) in [5, 5.41) is 6.68. The fraction of sp³-hybridized carbons (Fsp3) is 0.100. The van der Waals surface area contributed by atoms with Gasteiger partial charge in [0.15, 0.2) is 6.61 Å². The highest BCUT2D eigenvalue weighted by Gasteiger charge is 2.11. The van der Waals surface area contributed by atoms with Gasteiger partial charge >= 0.3 is 5.97 Å². The minimum atomic E-state index is -0.538. The van der Waals surface area contributed by atoms with E-state index in [2.05, 4.69) is 15.2 Å². The van der Waals surface area contributed by atoms with Gasteiger partial charge in [0.05, 0.1) is 12.8 Å². The van der Waals surface area contributed by atoms with Crippen molar-refractivity contribution in [1.29, 1.82) is 0 Å². The Morgan fingerprint density at radius 2 is 1.72 bits per heavy atom. The zero-order chi connectivity index (χ0) is 20.8. The summed E-state index contributed by atoms with van der Waals surface area (Å²) < 4.78 is 23.8. The van der Waals surface area contributed by atoms with E-state index in [-0.39, 0.29) is 12.3 Å². The molecule has 0 atom stereocenters. The van der Waals surface area contributed by atoms with Crippen molar-refractivity contribution in [3.63, 3.8) is 0 Å². The van der Waals surface area contributed by atoms with E-state index in [1.165, 1.54) is 43.5 Å². The van der Waals surface area contributed by atoms with Crippen LogP contribution in [0.15, 0.2) is 65.5 Å². The highest BCUT2D eigenvalue weighted by atomic mass is 19.1. The number of methoxy groups -OCH3 is 1. The van der Waals surface area contributed by atoms with Crippen LogP contribution in [0.4, 0.5) is 10.1 Å². The molecule has 1 aromatic heterocycles. The average molecular weight is 397 g/mol. The maximum Gasteiger partial charge on any atom is 0.343 e. The maximum atomic E-state index is 13.1. The molecule has 29 heavy (non-hydrogen) atoms. The van der Waals surface area contributed by atoms with Crippen molar-refractivity contribution in [1.82, 2.24) is 9.78 Å². The molecule has 2 aromatic carbocycles. The van der Waals surface area contributed by atoms with Crippen LogP contribution in [0.3, 0.4) is 0 Å². The number of carbonyl (C=O) groups excluding carboxylic acids is 2. The Morgan fingerprint density at radius 1 is 1.03 bits per heavy atom. The quantitative estimate of drug-likeness (QED) is 0.640. The summed E-state index contributed by atoms with van der Waals surface area (Å²) in [4.78, 5) is 35.6. The standard InChI is InChI=1S/C20H16FN3O5/c1-28-19(26)12-29-16-8-4-14(5-9-16)22-20(27)17-10-11-18(25)24(23-17)15-6-2-13(21)3-7-15/h2-11H,12H2,1H3,(H,22,27). The van der Waals surface area contributed by atoms with Gasteiger partial charge in [-0.05, 0) is 54.6 Å². The smallest absolute Gasteiger partial charge is 0.343 e. The number of hydrogen-bond donors (Lipinski definition) is 1. The molecule has 0 aliphatic rings. The predicted molar refractivity (Wildman–Crippen MR) is 102 cm³/mol. The summed E-state index contributed by atoms with van der Waals surface area (Å²) in [6.07, 6.45) is 0. The molecule has 8 nitrogen and oxygen atoms in total. The first-order valence-corrected chi connectivity index (χ1v) is 8.43. The van der Waals surface area contributed by atoms with Gasteiger partial charge in [0, 0.05) is 11.8 Å². The Labute approximate surface area is 164 Å². The maximum absolute atomic E-state index is 13.1. The molecule has 3 aromatic rings. The second-order valence-corrected chi connectivity index (χ2v) is 5.79. The van der Waals surface area contributed by atoms with Gasteiger partial charge < -0.3 is 14.8 Å². The number of nitrogens with one attached hydrogen (secondary N) is 1. The molecule has 148 valence electrons. The predicted octanol–water partition coefficient (Wildman–Crippen LogP) is 2.18. The molecule has 0 spiro atoms. The second-order valence-electron chi connectivity index (χ2n) is 5.79. The van der Waals surface area contributed by atoms with Crippen molar-refractivity contribution < 1.29 is 23.5 Å². The molecule has 9 heteroatoms. The molecule has 0 aliphatic heterocycles.